The molecule has 150 valence electrons. The zero-order valence-electron chi connectivity index (χ0n) is 15.7. The number of para-hydroxylation sites is 2. The second kappa shape index (κ2) is 7.59. The highest BCUT2D eigenvalue weighted by atomic mass is 16.3. The number of nitrogens with one attached hydrogen (secondary N) is 3. The number of imide groups is 1. The summed E-state index contributed by atoms with van der Waals surface area (Å²) in [4.78, 5) is 39.5. The van der Waals surface area contributed by atoms with Crippen LogP contribution in [-0.2, 0) is 20.8 Å². The summed E-state index contributed by atoms with van der Waals surface area (Å²) in [5.74, 6) is -2.16. The quantitative estimate of drug-likeness (QED) is 0.335. The average molecular weight is 402 g/mol. The summed E-state index contributed by atoms with van der Waals surface area (Å²) in [5.41, 5.74) is 8.52. The molecule has 1 aliphatic heterocycles. The molecule has 3 amide bonds. The Morgan fingerprint density at radius 1 is 0.867 bits per heavy atom. The van der Waals surface area contributed by atoms with Gasteiger partial charge >= 0.3 is 0 Å². The van der Waals surface area contributed by atoms with E-state index in [1.807, 2.05) is 54.7 Å². The molecule has 1 aliphatic rings. The van der Waals surface area contributed by atoms with Crippen LogP contribution in [0.5, 0.6) is 0 Å². The molecule has 8 nitrogen and oxygen atoms in total. The van der Waals surface area contributed by atoms with Crippen molar-refractivity contribution in [1.29, 1.82) is 0 Å². The van der Waals surface area contributed by atoms with Gasteiger partial charge in [0.25, 0.3) is 11.8 Å². The third-order valence-electron chi connectivity index (χ3n) is 4.80. The van der Waals surface area contributed by atoms with E-state index < -0.39 is 17.6 Å². The molecule has 3 heterocycles. The predicted molar refractivity (Wildman–Crippen MR) is 112 cm³/mol. The van der Waals surface area contributed by atoms with E-state index >= 15 is 0 Å². The summed E-state index contributed by atoms with van der Waals surface area (Å²) in [6.07, 6.45) is 3.73. The lowest BCUT2D eigenvalue weighted by Crippen LogP contribution is -2.22. The van der Waals surface area contributed by atoms with Gasteiger partial charge in [-0.25, -0.2) is 0 Å². The number of aliphatic hydroxyl groups is 1. The molecule has 0 saturated carbocycles. The fourth-order valence-corrected chi connectivity index (χ4v) is 3.44. The van der Waals surface area contributed by atoms with Crippen molar-refractivity contribution in [2.75, 3.05) is 0 Å². The van der Waals surface area contributed by atoms with Gasteiger partial charge in [0.2, 0.25) is 5.91 Å². The highest BCUT2D eigenvalue weighted by Gasteiger charge is 2.32. The van der Waals surface area contributed by atoms with Crippen LogP contribution in [0.3, 0.4) is 0 Å². The second-order valence-electron chi connectivity index (χ2n) is 6.76. The number of rotatable bonds is 3. The number of fused-ring (bicyclic) bond motifs is 2. The zero-order chi connectivity index (χ0) is 21.3. The molecule has 30 heavy (non-hydrogen) atoms. The zero-order valence-corrected chi connectivity index (χ0v) is 15.7. The fraction of sp³-hybridized carbons (Fsp3) is 0.0455. The van der Waals surface area contributed by atoms with Gasteiger partial charge in [-0.15, -0.1) is 0 Å². The number of carbonyl (C=O) groups is 3. The average Bonchev–Trinajstić information content (AvgIpc) is 3.39. The monoisotopic (exact) mass is 402 g/mol. The van der Waals surface area contributed by atoms with Crippen LogP contribution in [0.4, 0.5) is 0 Å². The summed E-state index contributed by atoms with van der Waals surface area (Å²) in [7, 11) is 0. The molecule has 0 bridgehead atoms. The maximum Gasteiger partial charge on any atom is 0.293 e. The van der Waals surface area contributed by atoms with Crippen LogP contribution >= 0.6 is 0 Å². The molecule has 2 aromatic carbocycles. The molecular weight excluding hydrogens is 384 g/mol. The van der Waals surface area contributed by atoms with E-state index in [0.29, 0.717) is 12.0 Å². The number of hydrogen-bond acceptors (Lipinski definition) is 4. The van der Waals surface area contributed by atoms with E-state index in [0.717, 1.165) is 27.4 Å². The van der Waals surface area contributed by atoms with Crippen molar-refractivity contribution < 1.29 is 19.5 Å². The van der Waals surface area contributed by atoms with Crippen LogP contribution in [-0.4, -0.2) is 32.8 Å². The Hall–Kier alpha value is -4.33. The minimum absolute atomic E-state index is 0.0208. The van der Waals surface area contributed by atoms with Crippen molar-refractivity contribution >= 4 is 45.1 Å². The number of hydrogen-bond donors (Lipinski definition) is 5. The van der Waals surface area contributed by atoms with E-state index in [-0.39, 0.29) is 11.5 Å². The van der Waals surface area contributed by atoms with Gasteiger partial charge in [0.1, 0.15) is 0 Å². The van der Waals surface area contributed by atoms with Gasteiger partial charge in [-0.2, -0.15) is 0 Å². The highest BCUT2D eigenvalue weighted by Crippen LogP contribution is 2.29. The van der Waals surface area contributed by atoms with Crippen LogP contribution in [0.25, 0.3) is 27.4 Å². The number of primary amides is 1. The maximum absolute atomic E-state index is 11.6. The Kier molecular flexibility index (Phi) is 4.81. The third-order valence-corrected chi connectivity index (χ3v) is 4.80. The second-order valence-corrected chi connectivity index (χ2v) is 6.76. The van der Waals surface area contributed by atoms with Gasteiger partial charge in [-0.3, -0.25) is 19.7 Å². The van der Waals surface area contributed by atoms with Gasteiger partial charge in [0.15, 0.2) is 5.76 Å². The van der Waals surface area contributed by atoms with Gasteiger partial charge in [0, 0.05) is 39.8 Å². The molecule has 0 radical (unpaired) electrons. The molecule has 0 spiro atoms. The van der Waals surface area contributed by atoms with Crippen molar-refractivity contribution in [2.24, 2.45) is 5.73 Å². The van der Waals surface area contributed by atoms with Crippen molar-refractivity contribution in [3.8, 4) is 0 Å². The topological polar surface area (TPSA) is 141 Å². The Bertz CT molecular complexity index is 1330. The lowest BCUT2D eigenvalue weighted by atomic mass is 10.0. The summed E-state index contributed by atoms with van der Waals surface area (Å²) in [6, 6.07) is 15.2. The predicted octanol–water partition coefficient (Wildman–Crippen LogP) is 2.29. The molecule has 0 saturated heterocycles. The molecule has 0 atom stereocenters. The minimum Gasteiger partial charge on any atom is -0.502 e. The van der Waals surface area contributed by atoms with Crippen LogP contribution in [0, 0.1) is 0 Å². The van der Waals surface area contributed by atoms with E-state index in [9.17, 15) is 19.5 Å². The van der Waals surface area contributed by atoms with Crippen LogP contribution < -0.4 is 11.1 Å². The number of carbonyl (C=O) groups excluding carboxylic acids is 3. The smallest absolute Gasteiger partial charge is 0.293 e. The van der Waals surface area contributed by atoms with Gasteiger partial charge < -0.3 is 20.8 Å². The van der Waals surface area contributed by atoms with Gasteiger partial charge in [-0.1, -0.05) is 36.4 Å². The molecule has 6 N–H and O–H groups in total. The van der Waals surface area contributed by atoms with Crippen LogP contribution in [0.1, 0.15) is 11.1 Å². The molecular formula is C22H18N4O4. The number of aliphatic hydroxyl groups excluding tert-OH is 1. The molecule has 8 heteroatoms. The first-order valence-electron chi connectivity index (χ1n) is 9.14. The molecule has 0 fully saturated rings. The SMILES string of the molecule is NC(=O)Cc1c[nH]c2ccccc12.O=C1NC(=O)C(c2c[nH]c3ccccc23)=C1O. The Morgan fingerprint density at radius 2 is 1.47 bits per heavy atom. The number of amides is 3. The standard InChI is InChI=1S/C12H8N2O3.C10H10N2O/c15-10-9(11(16)14-12(10)17)7-5-13-8-4-2-1-3-6(7)8;11-10(13)5-7-6-12-9-4-2-1-3-8(7)9/h1-5,13H,(H2,14,15,16,17);1-4,6,12H,5H2,(H2,11,13). The van der Waals surface area contributed by atoms with Crippen molar-refractivity contribution in [3.05, 3.63) is 77.8 Å². The first-order valence-corrected chi connectivity index (χ1v) is 9.14. The van der Waals surface area contributed by atoms with Crippen molar-refractivity contribution in [2.45, 2.75) is 6.42 Å². The third kappa shape index (κ3) is 3.42. The van der Waals surface area contributed by atoms with E-state index in [2.05, 4.69) is 15.3 Å². The Balaban J connectivity index is 0.000000151. The number of benzene rings is 2. The number of H-pyrrole nitrogens is 2. The lowest BCUT2D eigenvalue weighted by molar-refractivity contribution is -0.124. The first kappa shape index (κ1) is 19.0. The van der Waals surface area contributed by atoms with Crippen LogP contribution in [0.2, 0.25) is 0 Å². The molecule has 2 aromatic heterocycles. The van der Waals surface area contributed by atoms with Crippen molar-refractivity contribution in [1.82, 2.24) is 15.3 Å². The van der Waals surface area contributed by atoms with Gasteiger partial charge in [-0.05, 0) is 17.7 Å². The summed E-state index contributed by atoms with van der Waals surface area (Å²) >= 11 is 0. The molecule has 5 rings (SSSR count). The van der Waals surface area contributed by atoms with Crippen molar-refractivity contribution in [3.63, 3.8) is 0 Å². The summed E-state index contributed by atoms with van der Waals surface area (Å²) in [6.45, 7) is 0. The number of aromatic nitrogens is 2. The fourth-order valence-electron chi connectivity index (χ4n) is 3.44. The van der Waals surface area contributed by atoms with Crippen LogP contribution in [0.15, 0.2) is 66.7 Å². The number of nitrogens with two attached hydrogens (primary N) is 1. The first-order chi connectivity index (χ1) is 14.5. The van der Waals surface area contributed by atoms with E-state index in [1.165, 1.54) is 0 Å². The van der Waals surface area contributed by atoms with Gasteiger partial charge in [0.05, 0.1) is 12.0 Å². The minimum atomic E-state index is -0.754. The lowest BCUT2D eigenvalue weighted by Gasteiger charge is -1.97. The Morgan fingerprint density at radius 3 is 2.10 bits per heavy atom. The summed E-state index contributed by atoms with van der Waals surface area (Å²) < 4.78 is 0. The number of aromatic amines is 2. The molecule has 0 unspecified atom stereocenters. The molecule has 0 aliphatic carbocycles. The highest BCUT2D eigenvalue weighted by molar-refractivity contribution is 6.36. The van der Waals surface area contributed by atoms with E-state index in [4.69, 9.17) is 5.73 Å². The molecule has 4 aromatic rings. The Labute approximate surface area is 170 Å². The van der Waals surface area contributed by atoms with E-state index in [1.54, 1.807) is 6.20 Å². The summed E-state index contributed by atoms with van der Waals surface area (Å²) in [5, 5.41) is 13.5. The maximum atomic E-state index is 11.6. The largest absolute Gasteiger partial charge is 0.502 e. The normalized spacial score (nSPS) is 13.5.